The third-order valence-electron chi connectivity index (χ3n) is 2.94. The highest BCUT2D eigenvalue weighted by molar-refractivity contribution is 4.90. The Bertz CT molecular complexity index is 170. The summed E-state index contributed by atoms with van der Waals surface area (Å²) in [6.45, 7) is 9.91. The average Bonchev–Trinajstić information content (AvgIpc) is 2.25. The lowest BCUT2D eigenvalue weighted by atomic mass is 9.90. The van der Waals surface area contributed by atoms with Crippen LogP contribution in [0.15, 0.2) is 0 Å². The Morgan fingerprint density at radius 1 is 1.62 bits per heavy atom. The van der Waals surface area contributed by atoms with Crippen LogP contribution < -0.4 is 5.73 Å². The van der Waals surface area contributed by atoms with Crippen LogP contribution in [0.25, 0.3) is 0 Å². The van der Waals surface area contributed by atoms with Gasteiger partial charge in [0.1, 0.15) is 0 Å². The van der Waals surface area contributed by atoms with Crippen LogP contribution in [-0.2, 0) is 0 Å². The van der Waals surface area contributed by atoms with Crippen LogP contribution >= 0.6 is 0 Å². The Hall–Kier alpha value is -0.120. The van der Waals surface area contributed by atoms with Gasteiger partial charge in [-0.1, -0.05) is 20.8 Å². The number of aliphatic hydroxyl groups is 1. The number of likely N-dealkylation sites (tertiary alicyclic amines) is 1. The zero-order chi connectivity index (χ0) is 10.1. The molecule has 1 heterocycles. The molecular weight excluding hydrogens is 164 g/mol. The first kappa shape index (κ1) is 11.0. The molecule has 0 amide bonds. The van der Waals surface area contributed by atoms with E-state index in [1.807, 2.05) is 0 Å². The van der Waals surface area contributed by atoms with Gasteiger partial charge in [0.2, 0.25) is 0 Å². The summed E-state index contributed by atoms with van der Waals surface area (Å²) in [6.07, 6.45) is -0.183. The lowest BCUT2D eigenvalue weighted by Gasteiger charge is -2.22. The Kier molecular flexibility index (Phi) is 3.33. The second kappa shape index (κ2) is 3.95. The van der Waals surface area contributed by atoms with Crippen molar-refractivity contribution in [3.8, 4) is 0 Å². The molecule has 3 nitrogen and oxygen atoms in total. The van der Waals surface area contributed by atoms with E-state index in [1.54, 1.807) is 0 Å². The van der Waals surface area contributed by atoms with Gasteiger partial charge in [0.05, 0.1) is 6.10 Å². The summed E-state index contributed by atoms with van der Waals surface area (Å²) in [5.41, 5.74) is 5.61. The molecule has 13 heavy (non-hydrogen) atoms. The minimum absolute atomic E-state index is 0.0499. The predicted octanol–water partition coefficient (Wildman–Crippen LogP) is 0.284. The smallest absolute Gasteiger partial charge is 0.0730 e. The molecule has 0 spiro atoms. The molecule has 0 aliphatic carbocycles. The molecule has 0 aromatic carbocycles. The van der Waals surface area contributed by atoms with E-state index >= 15 is 0 Å². The van der Waals surface area contributed by atoms with Crippen molar-refractivity contribution in [2.75, 3.05) is 26.2 Å². The number of nitrogens with two attached hydrogens (primary N) is 1. The van der Waals surface area contributed by atoms with E-state index < -0.39 is 0 Å². The van der Waals surface area contributed by atoms with Gasteiger partial charge in [-0.15, -0.1) is 0 Å². The highest BCUT2D eigenvalue weighted by Gasteiger charge is 2.37. The van der Waals surface area contributed by atoms with E-state index in [9.17, 15) is 5.11 Å². The molecule has 2 unspecified atom stereocenters. The first-order valence-electron chi connectivity index (χ1n) is 5.06. The fourth-order valence-electron chi connectivity index (χ4n) is 1.89. The van der Waals surface area contributed by atoms with E-state index in [4.69, 9.17) is 5.73 Å². The molecule has 2 atom stereocenters. The predicted molar refractivity (Wildman–Crippen MR) is 54.4 cm³/mol. The third kappa shape index (κ3) is 2.66. The number of aliphatic hydroxyl groups excluding tert-OH is 1. The quantitative estimate of drug-likeness (QED) is 0.666. The molecule has 1 fully saturated rings. The van der Waals surface area contributed by atoms with Gasteiger partial charge < -0.3 is 10.8 Å². The Morgan fingerprint density at radius 3 is 2.62 bits per heavy atom. The van der Waals surface area contributed by atoms with E-state index in [0.717, 1.165) is 26.2 Å². The van der Waals surface area contributed by atoms with Gasteiger partial charge in [-0.2, -0.15) is 0 Å². The summed E-state index contributed by atoms with van der Waals surface area (Å²) in [7, 11) is 0. The van der Waals surface area contributed by atoms with Crippen LogP contribution in [0, 0.1) is 11.3 Å². The molecule has 1 rings (SSSR count). The van der Waals surface area contributed by atoms with Crippen molar-refractivity contribution < 1.29 is 5.11 Å². The second-order valence-corrected chi connectivity index (χ2v) is 5.04. The molecule has 3 N–H and O–H groups in total. The zero-order valence-corrected chi connectivity index (χ0v) is 8.95. The van der Waals surface area contributed by atoms with Crippen LogP contribution in [0.1, 0.15) is 20.8 Å². The zero-order valence-electron chi connectivity index (χ0n) is 8.95. The standard InChI is InChI=1S/C10H22N2O/c1-8(4-11)5-12-6-9(13)10(2,3)7-12/h8-9,13H,4-7,11H2,1-3H3. The fourth-order valence-corrected chi connectivity index (χ4v) is 1.89. The van der Waals surface area contributed by atoms with Crippen molar-refractivity contribution in [2.24, 2.45) is 17.1 Å². The van der Waals surface area contributed by atoms with Gasteiger partial charge in [0.25, 0.3) is 0 Å². The number of nitrogens with zero attached hydrogens (tertiary/aromatic N) is 1. The maximum absolute atomic E-state index is 9.74. The number of rotatable bonds is 3. The molecule has 0 aromatic heterocycles. The highest BCUT2D eigenvalue weighted by Crippen LogP contribution is 2.29. The van der Waals surface area contributed by atoms with Crippen molar-refractivity contribution >= 4 is 0 Å². The third-order valence-corrected chi connectivity index (χ3v) is 2.94. The molecule has 0 radical (unpaired) electrons. The highest BCUT2D eigenvalue weighted by atomic mass is 16.3. The molecule has 0 bridgehead atoms. The lowest BCUT2D eigenvalue weighted by molar-refractivity contribution is 0.0954. The Labute approximate surface area is 80.9 Å². The average molecular weight is 186 g/mol. The Balaban J connectivity index is 2.40. The summed E-state index contributed by atoms with van der Waals surface area (Å²) in [5.74, 6) is 0.529. The summed E-state index contributed by atoms with van der Waals surface area (Å²) >= 11 is 0. The van der Waals surface area contributed by atoms with Crippen LogP contribution in [0.5, 0.6) is 0 Å². The maximum Gasteiger partial charge on any atom is 0.0730 e. The SMILES string of the molecule is CC(CN)CN1CC(O)C(C)(C)C1. The molecule has 3 heteroatoms. The minimum atomic E-state index is -0.183. The van der Waals surface area contributed by atoms with Crippen molar-refractivity contribution in [1.29, 1.82) is 0 Å². The number of hydrogen-bond donors (Lipinski definition) is 2. The first-order chi connectivity index (χ1) is 5.95. The molecule has 78 valence electrons. The van der Waals surface area contributed by atoms with Crippen LogP contribution in [0.4, 0.5) is 0 Å². The topological polar surface area (TPSA) is 49.5 Å². The van der Waals surface area contributed by atoms with Crippen LogP contribution in [0.2, 0.25) is 0 Å². The van der Waals surface area contributed by atoms with E-state index in [-0.39, 0.29) is 11.5 Å². The molecule has 1 saturated heterocycles. The van der Waals surface area contributed by atoms with Crippen molar-refractivity contribution in [1.82, 2.24) is 4.90 Å². The molecule has 0 aromatic rings. The number of β-amino-alcohol motifs (C(OH)–C–C–N with tert-alkyl or cyclic N) is 1. The van der Waals surface area contributed by atoms with Gasteiger partial charge in [0, 0.05) is 25.0 Å². The van der Waals surface area contributed by atoms with Gasteiger partial charge in [0.15, 0.2) is 0 Å². The van der Waals surface area contributed by atoms with Gasteiger partial charge >= 0.3 is 0 Å². The van der Waals surface area contributed by atoms with E-state index in [1.165, 1.54) is 0 Å². The monoisotopic (exact) mass is 186 g/mol. The number of hydrogen-bond acceptors (Lipinski definition) is 3. The van der Waals surface area contributed by atoms with E-state index in [0.29, 0.717) is 5.92 Å². The fraction of sp³-hybridized carbons (Fsp3) is 1.00. The van der Waals surface area contributed by atoms with Crippen molar-refractivity contribution in [3.63, 3.8) is 0 Å². The summed E-state index contributed by atoms with van der Waals surface area (Å²) < 4.78 is 0. The van der Waals surface area contributed by atoms with Gasteiger partial charge in [-0.25, -0.2) is 0 Å². The normalized spacial score (nSPS) is 30.7. The largest absolute Gasteiger partial charge is 0.391 e. The Morgan fingerprint density at radius 2 is 2.23 bits per heavy atom. The summed E-state index contributed by atoms with van der Waals surface area (Å²) in [6, 6.07) is 0. The second-order valence-electron chi connectivity index (χ2n) is 5.04. The molecular formula is C10H22N2O. The summed E-state index contributed by atoms with van der Waals surface area (Å²) in [4.78, 5) is 2.31. The van der Waals surface area contributed by atoms with Gasteiger partial charge in [-0.05, 0) is 12.5 Å². The van der Waals surface area contributed by atoms with Crippen molar-refractivity contribution in [3.05, 3.63) is 0 Å². The lowest BCUT2D eigenvalue weighted by Crippen LogP contribution is -2.31. The maximum atomic E-state index is 9.74. The first-order valence-corrected chi connectivity index (χ1v) is 5.06. The minimum Gasteiger partial charge on any atom is -0.391 e. The summed E-state index contributed by atoms with van der Waals surface area (Å²) in [5, 5.41) is 9.74. The van der Waals surface area contributed by atoms with E-state index in [2.05, 4.69) is 25.7 Å². The van der Waals surface area contributed by atoms with Gasteiger partial charge in [-0.3, -0.25) is 4.90 Å². The molecule has 1 aliphatic heterocycles. The van der Waals surface area contributed by atoms with Crippen LogP contribution in [-0.4, -0.2) is 42.3 Å². The van der Waals surface area contributed by atoms with Crippen LogP contribution in [0.3, 0.4) is 0 Å². The van der Waals surface area contributed by atoms with Crippen molar-refractivity contribution in [2.45, 2.75) is 26.9 Å². The molecule has 1 aliphatic rings. The molecule has 0 saturated carbocycles.